The van der Waals surface area contributed by atoms with Gasteiger partial charge in [0, 0.05) is 11.9 Å². The summed E-state index contributed by atoms with van der Waals surface area (Å²) in [6.45, 7) is 0. The van der Waals surface area contributed by atoms with E-state index in [2.05, 4.69) is 11.1 Å². The van der Waals surface area contributed by atoms with Crippen molar-refractivity contribution in [1.82, 2.24) is 4.98 Å². The molecular weight excluding hydrogens is 216 g/mol. The molecule has 0 saturated heterocycles. The van der Waals surface area contributed by atoms with Crippen molar-refractivity contribution in [2.24, 2.45) is 0 Å². The first-order chi connectivity index (χ1) is 7.88. The highest BCUT2D eigenvalue weighted by molar-refractivity contribution is 7.98. The molecule has 1 heterocycles. The van der Waals surface area contributed by atoms with Gasteiger partial charge in [0.05, 0.1) is 16.7 Å². The third-order valence-electron chi connectivity index (χ3n) is 2.08. The molecular formula is C13H10N2S. The maximum absolute atomic E-state index is 8.78. The average Bonchev–Trinajstić information content (AvgIpc) is 2.38. The smallest absolute Gasteiger partial charge is 0.0991 e. The zero-order valence-electron chi connectivity index (χ0n) is 8.63. The van der Waals surface area contributed by atoms with E-state index in [0.29, 0.717) is 5.56 Å². The third-order valence-corrected chi connectivity index (χ3v) is 3.10. The summed E-state index contributed by atoms with van der Waals surface area (Å²) in [6, 6.07) is 15.7. The Kier molecular flexibility index (Phi) is 3.58. The number of hydrogen-bond donors (Lipinski definition) is 0. The Balaban J connectivity index is 2.03. The van der Waals surface area contributed by atoms with Gasteiger partial charge in [-0.25, -0.2) is 4.98 Å². The van der Waals surface area contributed by atoms with Crippen LogP contribution in [0.4, 0.5) is 0 Å². The number of benzene rings is 1. The number of aromatic nitrogens is 1. The van der Waals surface area contributed by atoms with Gasteiger partial charge in [0.1, 0.15) is 0 Å². The second-order valence-electron chi connectivity index (χ2n) is 3.27. The molecule has 2 rings (SSSR count). The minimum absolute atomic E-state index is 0.708. The van der Waals surface area contributed by atoms with Gasteiger partial charge in [0.15, 0.2) is 0 Å². The molecule has 1 aromatic heterocycles. The SMILES string of the molecule is N#Cc1cccc(CSc2ccccn2)c1. The van der Waals surface area contributed by atoms with Crippen LogP contribution in [0.25, 0.3) is 0 Å². The van der Waals surface area contributed by atoms with Gasteiger partial charge in [0.25, 0.3) is 0 Å². The molecule has 0 amide bonds. The molecule has 16 heavy (non-hydrogen) atoms. The van der Waals surface area contributed by atoms with E-state index in [0.717, 1.165) is 16.3 Å². The molecule has 0 atom stereocenters. The first-order valence-electron chi connectivity index (χ1n) is 4.91. The summed E-state index contributed by atoms with van der Waals surface area (Å²) >= 11 is 1.67. The molecule has 78 valence electrons. The van der Waals surface area contributed by atoms with Gasteiger partial charge >= 0.3 is 0 Å². The fourth-order valence-electron chi connectivity index (χ4n) is 1.32. The fraction of sp³-hybridized carbons (Fsp3) is 0.0769. The van der Waals surface area contributed by atoms with Gasteiger partial charge in [-0.3, -0.25) is 0 Å². The van der Waals surface area contributed by atoms with Crippen molar-refractivity contribution in [3.05, 3.63) is 59.8 Å². The molecule has 0 N–H and O–H groups in total. The van der Waals surface area contributed by atoms with Crippen molar-refractivity contribution >= 4 is 11.8 Å². The van der Waals surface area contributed by atoms with Gasteiger partial charge in [-0.15, -0.1) is 11.8 Å². The minimum Gasteiger partial charge on any atom is -0.250 e. The minimum atomic E-state index is 0.708. The van der Waals surface area contributed by atoms with E-state index in [1.54, 1.807) is 18.0 Å². The number of thioether (sulfide) groups is 1. The molecule has 2 aromatic rings. The molecule has 1 aromatic carbocycles. The van der Waals surface area contributed by atoms with Crippen LogP contribution in [0, 0.1) is 11.3 Å². The van der Waals surface area contributed by atoms with Crippen LogP contribution in [0.2, 0.25) is 0 Å². The first kappa shape index (κ1) is 10.7. The van der Waals surface area contributed by atoms with Crippen LogP contribution < -0.4 is 0 Å². The zero-order chi connectivity index (χ0) is 11.2. The van der Waals surface area contributed by atoms with E-state index < -0.39 is 0 Å². The summed E-state index contributed by atoms with van der Waals surface area (Å²) in [5.74, 6) is 0.840. The van der Waals surface area contributed by atoms with Crippen LogP contribution in [0.3, 0.4) is 0 Å². The number of rotatable bonds is 3. The Bertz CT molecular complexity index is 503. The molecule has 0 aliphatic heterocycles. The van der Waals surface area contributed by atoms with Crippen molar-refractivity contribution in [2.45, 2.75) is 10.8 Å². The second kappa shape index (κ2) is 5.34. The van der Waals surface area contributed by atoms with Crippen molar-refractivity contribution < 1.29 is 0 Å². The standard InChI is InChI=1S/C13H10N2S/c14-9-11-4-3-5-12(8-11)10-16-13-6-1-2-7-15-13/h1-8H,10H2. The van der Waals surface area contributed by atoms with E-state index in [-0.39, 0.29) is 0 Å². The van der Waals surface area contributed by atoms with Crippen molar-refractivity contribution in [3.8, 4) is 6.07 Å². The maximum atomic E-state index is 8.78. The fourth-order valence-corrected chi connectivity index (χ4v) is 2.12. The third kappa shape index (κ3) is 2.85. The first-order valence-corrected chi connectivity index (χ1v) is 5.90. The Labute approximate surface area is 99.0 Å². The van der Waals surface area contributed by atoms with Crippen molar-refractivity contribution in [2.75, 3.05) is 0 Å². The van der Waals surface area contributed by atoms with Crippen LogP contribution in [0.1, 0.15) is 11.1 Å². The van der Waals surface area contributed by atoms with Gasteiger partial charge < -0.3 is 0 Å². The maximum Gasteiger partial charge on any atom is 0.0991 e. The van der Waals surface area contributed by atoms with Crippen molar-refractivity contribution in [3.63, 3.8) is 0 Å². The molecule has 0 bridgehead atoms. The predicted molar refractivity (Wildman–Crippen MR) is 65.0 cm³/mol. The highest BCUT2D eigenvalue weighted by atomic mass is 32.2. The normalized spacial score (nSPS) is 9.69. The van der Waals surface area contributed by atoms with Gasteiger partial charge in [0.2, 0.25) is 0 Å². The molecule has 0 unspecified atom stereocenters. The lowest BCUT2D eigenvalue weighted by atomic mass is 10.2. The van der Waals surface area contributed by atoms with E-state index in [9.17, 15) is 0 Å². The lowest BCUT2D eigenvalue weighted by Crippen LogP contribution is -1.83. The van der Waals surface area contributed by atoms with Gasteiger partial charge in [-0.05, 0) is 29.8 Å². The number of hydrogen-bond acceptors (Lipinski definition) is 3. The molecule has 3 heteroatoms. The summed E-state index contributed by atoms with van der Waals surface area (Å²) < 4.78 is 0. The second-order valence-corrected chi connectivity index (χ2v) is 4.26. The quantitative estimate of drug-likeness (QED) is 0.754. The highest BCUT2D eigenvalue weighted by Gasteiger charge is 1.98. The molecule has 0 saturated carbocycles. The average molecular weight is 226 g/mol. The summed E-state index contributed by atoms with van der Waals surface area (Å²) in [7, 11) is 0. The van der Waals surface area contributed by atoms with Crippen LogP contribution >= 0.6 is 11.8 Å². The highest BCUT2D eigenvalue weighted by Crippen LogP contribution is 2.20. The summed E-state index contributed by atoms with van der Waals surface area (Å²) in [6.07, 6.45) is 1.79. The van der Waals surface area contributed by atoms with E-state index in [4.69, 9.17) is 5.26 Å². The topological polar surface area (TPSA) is 36.7 Å². The predicted octanol–water partition coefficient (Wildman–Crippen LogP) is 3.25. The van der Waals surface area contributed by atoms with Gasteiger partial charge in [-0.1, -0.05) is 18.2 Å². The molecule has 0 spiro atoms. The number of pyridine rings is 1. The molecule has 0 fully saturated rings. The Morgan fingerprint density at radius 3 is 2.88 bits per heavy atom. The van der Waals surface area contributed by atoms with Gasteiger partial charge in [-0.2, -0.15) is 5.26 Å². The number of nitrogens with zero attached hydrogens (tertiary/aromatic N) is 2. The lowest BCUT2D eigenvalue weighted by Gasteiger charge is -2.01. The Morgan fingerprint density at radius 2 is 2.12 bits per heavy atom. The molecule has 0 radical (unpaired) electrons. The van der Waals surface area contributed by atoms with Crippen LogP contribution in [0.15, 0.2) is 53.7 Å². The molecule has 0 aliphatic rings. The van der Waals surface area contributed by atoms with E-state index in [1.807, 2.05) is 42.5 Å². The number of nitriles is 1. The monoisotopic (exact) mass is 226 g/mol. The van der Waals surface area contributed by atoms with Crippen LogP contribution in [-0.4, -0.2) is 4.98 Å². The van der Waals surface area contributed by atoms with Crippen LogP contribution in [-0.2, 0) is 5.75 Å². The van der Waals surface area contributed by atoms with Crippen LogP contribution in [0.5, 0.6) is 0 Å². The summed E-state index contributed by atoms with van der Waals surface area (Å²) in [5.41, 5.74) is 1.86. The molecule has 0 aliphatic carbocycles. The van der Waals surface area contributed by atoms with E-state index in [1.165, 1.54) is 0 Å². The largest absolute Gasteiger partial charge is 0.250 e. The Morgan fingerprint density at radius 1 is 1.19 bits per heavy atom. The lowest BCUT2D eigenvalue weighted by molar-refractivity contribution is 1.13. The zero-order valence-corrected chi connectivity index (χ0v) is 9.45. The summed E-state index contributed by atoms with van der Waals surface area (Å²) in [5, 5.41) is 9.78. The molecule has 2 nitrogen and oxygen atoms in total. The van der Waals surface area contributed by atoms with Crippen molar-refractivity contribution in [1.29, 1.82) is 5.26 Å². The Hall–Kier alpha value is -1.79. The van der Waals surface area contributed by atoms with E-state index >= 15 is 0 Å². The summed E-state index contributed by atoms with van der Waals surface area (Å²) in [4.78, 5) is 4.23.